The van der Waals surface area contributed by atoms with E-state index < -0.39 is 0 Å². The lowest BCUT2D eigenvalue weighted by molar-refractivity contribution is -0.121. The second-order valence-electron chi connectivity index (χ2n) is 5.67. The number of nitrogens with two attached hydrogens (primary N) is 2. The zero-order chi connectivity index (χ0) is 13.3. The summed E-state index contributed by atoms with van der Waals surface area (Å²) in [6.45, 7) is 8.63. The molecule has 5 N–H and O–H groups in total. The van der Waals surface area contributed by atoms with E-state index in [1.807, 2.05) is 0 Å². The summed E-state index contributed by atoms with van der Waals surface area (Å²) < 4.78 is 0. The summed E-state index contributed by atoms with van der Waals surface area (Å²) in [5, 5.41) is 2.88. The monoisotopic (exact) mass is 243 g/mol. The summed E-state index contributed by atoms with van der Waals surface area (Å²) in [6.07, 6.45) is 3.33. The molecule has 0 fully saturated rings. The highest BCUT2D eigenvalue weighted by Gasteiger charge is 2.24. The molecular formula is C13H29N3O. The Balaban J connectivity index is 3.92. The Labute approximate surface area is 106 Å². The lowest BCUT2D eigenvalue weighted by Gasteiger charge is -2.30. The average molecular weight is 243 g/mol. The molecule has 102 valence electrons. The van der Waals surface area contributed by atoms with Crippen molar-refractivity contribution in [3.8, 4) is 0 Å². The van der Waals surface area contributed by atoms with Gasteiger partial charge in [-0.15, -0.1) is 0 Å². The molecule has 1 atom stereocenters. The van der Waals surface area contributed by atoms with E-state index in [9.17, 15) is 4.79 Å². The zero-order valence-corrected chi connectivity index (χ0v) is 11.6. The second kappa shape index (κ2) is 8.48. The van der Waals surface area contributed by atoms with E-state index in [4.69, 9.17) is 11.5 Å². The maximum atomic E-state index is 11.6. The Morgan fingerprint density at radius 3 is 2.29 bits per heavy atom. The first-order valence-corrected chi connectivity index (χ1v) is 6.58. The quantitative estimate of drug-likeness (QED) is 0.561. The third-order valence-corrected chi connectivity index (χ3v) is 3.16. The van der Waals surface area contributed by atoms with Crippen molar-refractivity contribution in [2.45, 2.75) is 46.5 Å². The number of amides is 1. The van der Waals surface area contributed by atoms with Gasteiger partial charge >= 0.3 is 0 Å². The van der Waals surface area contributed by atoms with Gasteiger partial charge < -0.3 is 16.8 Å². The normalized spacial score (nSPS) is 13.5. The molecule has 0 aromatic heterocycles. The van der Waals surface area contributed by atoms with Gasteiger partial charge in [0.1, 0.15) is 0 Å². The van der Waals surface area contributed by atoms with Crippen LogP contribution in [0.2, 0.25) is 0 Å². The molecule has 1 unspecified atom stereocenters. The van der Waals surface area contributed by atoms with Crippen molar-refractivity contribution in [2.75, 3.05) is 19.6 Å². The van der Waals surface area contributed by atoms with Crippen molar-refractivity contribution < 1.29 is 4.79 Å². The molecule has 0 aromatic rings. The van der Waals surface area contributed by atoms with Crippen molar-refractivity contribution in [1.82, 2.24) is 5.32 Å². The highest BCUT2D eigenvalue weighted by molar-refractivity contribution is 5.75. The topological polar surface area (TPSA) is 81.1 Å². The molecule has 0 saturated carbocycles. The van der Waals surface area contributed by atoms with Crippen LogP contribution in [0.25, 0.3) is 0 Å². The van der Waals surface area contributed by atoms with E-state index in [2.05, 4.69) is 26.1 Å². The summed E-state index contributed by atoms with van der Waals surface area (Å²) in [4.78, 5) is 11.6. The van der Waals surface area contributed by atoms with Crippen LogP contribution >= 0.6 is 0 Å². The molecule has 0 spiro atoms. The summed E-state index contributed by atoms with van der Waals surface area (Å²) >= 11 is 0. The van der Waals surface area contributed by atoms with Crippen LogP contribution < -0.4 is 16.8 Å². The summed E-state index contributed by atoms with van der Waals surface area (Å²) in [7, 11) is 0. The molecule has 4 nitrogen and oxygen atoms in total. The fourth-order valence-electron chi connectivity index (χ4n) is 1.94. The summed E-state index contributed by atoms with van der Waals surface area (Å²) in [5.41, 5.74) is 11.2. The molecule has 0 aliphatic heterocycles. The molecule has 0 aliphatic carbocycles. The summed E-state index contributed by atoms with van der Waals surface area (Å²) in [6, 6.07) is 0. The van der Waals surface area contributed by atoms with Crippen molar-refractivity contribution in [3.63, 3.8) is 0 Å². The average Bonchev–Trinajstić information content (AvgIpc) is 2.23. The van der Waals surface area contributed by atoms with Crippen LogP contribution in [-0.4, -0.2) is 25.5 Å². The highest BCUT2D eigenvalue weighted by atomic mass is 16.1. The standard InChI is InChI=1S/C13H29N3O/c1-13(2,3)11(7-9-15)5-6-12(17)16-10-4-8-14/h11H,4-10,14-15H2,1-3H3,(H,16,17). The van der Waals surface area contributed by atoms with Crippen LogP contribution in [0.3, 0.4) is 0 Å². The number of rotatable bonds is 8. The SMILES string of the molecule is CC(C)(C)C(CCN)CCC(=O)NCCCN. The van der Waals surface area contributed by atoms with Gasteiger partial charge in [-0.25, -0.2) is 0 Å². The Bertz CT molecular complexity index is 211. The number of nitrogens with one attached hydrogen (secondary N) is 1. The third kappa shape index (κ3) is 8.16. The Morgan fingerprint density at radius 2 is 1.82 bits per heavy atom. The van der Waals surface area contributed by atoms with Crippen LogP contribution in [0.5, 0.6) is 0 Å². The van der Waals surface area contributed by atoms with Crippen LogP contribution in [0.4, 0.5) is 0 Å². The molecule has 0 rings (SSSR count). The Kier molecular flexibility index (Phi) is 8.17. The fraction of sp³-hybridized carbons (Fsp3) is 0.923. The minimum Gasteiger partial charge on any atom is -0.356 e. The molecule has 4 heteroatoms. The first-order chi connectivity index (χ1) is 7.91. The molecule has 1 amide bonds. The van der Waals surface area contributed by atoms with Gasteiger partial charge in [0.15, 0.2) is 0 Å². The number of hydrogen-bond donors (Lipinski definition) is 3. The zero-order valence-electron chi connectivity index (χ0n) is 11.6. The van der Waals surface area contributed by atoms with Gasteiger partial charge in [-0.1, -0.05) is 20.8 Å². The molecule has 0 bridgehead atoms. The molecule has 0 heterocycles. The Morgan fingerprint density at radius 1 is 1.18 bits per heavy atom. The first kappa shape index (κ1) is 16.4. The molecule has 0 aromatic carbocycles. The van der Waals surface area contributed by atoms with Crippen LogP contribution in [0, 0.1) is 11.3 Å². The largest absolute Gasteiger partial charge is 0.356 e. The maximum absolute atomic E-state index is 11.6. The minimum atomic E-state index is 0.129. The van der Waals surface area contributed by atoms with E-state index in [-0.39, 0.29) is 11.3 Å². The van der Waals surface area contributed by atoms with E-state index in [0.29, 0.717) is 32.0 Å². The molecular weight excluding hydrogens is 214 g/mol. The van der Waals surface area contributed by atoms with Gasteiger partial charge in [0.25, 0.3) is 0 Å². The number of carbonyl (C=O) groups excluding carboxylic acids is 1. The number of hydrogen-bond acceptors (Lipinski definition) is 3. The van der Waals surface area contributed by atoms with Gasteiger partial charge in [-0.2, -0.15) is 0 Å². The lowest BCUT2D eigenvalue weighted by atomic mass is 9.76. The lowest BCUT2D eigenvalue weighted by Crippen LogP contribution is -2.29. The second-order valence-corrected chi connectivity index (χ2v) is 5.67. The van der Waals surface area contributed by atoms with Crippen molar-refractivity contribution in [3.05, 3.63) is 0 Å². The first-order valence-electron chi connectivity index (χ1n) is 6.58. The van der Waals surface area contributed by atoms with Crippen molar-refractivity contribution in [1.29, 1.82) is 0 Å². The van der Waals surface area contributed by atoms with Gasteiger partial charge in [0.05, 0.1) is 0 Å². The molecule has 17 heavy (non-hydrogen) atoms. The fourth-order valence-corrected chi connectivity index (χ4v) is 1.94. The minimum absolute atomic E-state index is 0.129. The predicted molar refractivity (Wildman–Crippen MR) is 72.5 cm³/mol. The van der Waals surface area contributed by atoms with Crippen molar-refractivity contribution >= 4 is 5.91 Å². The van der Waals surface area contributed by atoms with E-state index in [1.54, 1.807) is 0 Å². The van der Waals surface area contributed by atoms with Crippen LogP contribution in [0.1, 0.15) is 46.5 Å². The smallest absolute Gasteiger partial charge is 0.220 e. The Hall–Kier alpha value is -0.610. The van der Waals surface area contributed by atoms with Gasteiger partial charge in [-0.3, -0.25) is 4.79 Å². The third-order valence-electron chi connectivity index (χ3n) is 3.16. The van der Waals surface area contributed by atoms with Crippen LogP contribution in [-0.2, 0) is 4.79 Å². The van der Waals surface area contributed by atoms with Crippen LogP contribution in [0.15, 0.2) is 0 Å². The maximum Gasteiger partial charge on any atom is 0.220 e. The summed E-state index contributed by atoms with van der Waals surface area (Å²) in [5.74, 6) is 0.637. The van der Waals surface area contributed by atoms with Crippen molar-refractivity contribution in [2.24, 2.45) is 22.8 Å². The highest BCUT2D eigenvalue weighted by Crippen LogP contribution is 2.31. The van der Waals surface area contributed by atoms with E-state index >= 15 is 0 Å². The van der Waals surface area contributed by atoms with Gasteiger partial charge in [0, 0.05) is 13.0 Å². The van der Waals surface area contributed by atoms with Gasteiger partial charge in [-0.05, 0) is 43.7 Å². The molecule has 0 radical (unpaired) electrons. The van der Waals surface area contributed by atoms with E-state index in [0.717, 1.165) is 19.3 Å². The molecule has 0 saturated heterocycles. The van der Waals surface area contributed by atoms with Gasteiger partial charge in [0.2, 0.25) is 5.91 Å². The molecule has 0 aliphatic rings. The predicted octanol–water partition coefficient (Wildman–Crippen LogP) is 1.24. The number of carbonyl (C=O) groups is 1. The van der Waals surface area contributed by atoms with E-state index in [1.165, 1.54) is 0 Å².